The number of nitrogens with one attached hydrogen (secondary N) is 1. The third kappa shape index (κ3) is 2.90. The Morgan fingerprint density at radius 3 is 3.12 bits per heavy atom. The van der Waals surface area contributed by atoms with E-state index in [0.717, 1.165) is 6.54 Å². The Morgan fingerprint density at radius 2 is 2.31 bits per heavy atom. The highest BCUT2D eigenvalue weighted by molar-refractivity contribution is 7.84. The second-order valence-corrected chi connectivity index (χ2v) is 5.55. The quantitative estimate of drug-likeness (QED) is 0.858. The molecule has 0 bridgehead atoms. The maximum absolute atomic E-state index is 11.0. The summed E-state index contributed by atoms with van der Waals surface area (Å²) in [4.78, 5) is 0. The Labute approximate surface area is 98.7 Å². The van der Waals surface area contributed by atoms with Crippen molar-refractivity contribution < 1.29 is 8.95 Å². The van der Waals surface area contributed by atoms with Gasteiger partial charge in [-0.3, -0.25) is 4.21 Å². The molecule has 16 heavy (non-hydrogen) atoms. The van der Waals surface area contributed by atoms with Gasteiger partial charge in [0, 0.05) is 29.4 Å². The fourth-order valence-corrected chi connectivity index (χ4v) is 2.33. The van der Waals surface area contributed by atoms with Crippen LogP contribution < -0.4 is 5.32 Å². The fourth-order valence-electron chi connectivity index (χ4n) is 1.93. The molecule has 2 rings (SSSR count). The van der Waals surface area contributed by atoms with Crippen LogP contribution in [-0.4, -0.2) is 29.4 Å². The van der Waals surface area contributed by atoms with E-state index >= 15 is 0 Å². The molecule has 3 nitrogen and oxygen atoms in total. The first-order valence-corrected chi connectivity index (χ1v) is 7.19. The van der Waals surface area contributed by atoms with Crippen LogP contribution in [0.3, 0.4) is 0 Å². The van der Waals surface area contributed by atoms with E-state index in [0.29, 0.717) is 19.0 Å². The maximum atomic E-state index is 11.0. The predicted molar refractivity (Wildman–Crippen MR) is 65.8 cm³/mol. The van der Waals surface area contributed by atoms with Gasteiger partial charge in [-0.2, -0.15) is 0 Å². The molecule has 1 aliphatic heterocycles. The Hall–Kier alpha value is -0.710. The van der Waals surface area contributed by atoms with Gasteiger partial charge in [-0.15, -0.1) is 0 Å². The largest absolute Gasteiger partial charge is 0.375 e. The van der Waals surface area contributed by atoms with Crippen molar-refractivity contribution in [2.24, 2.45) is 0 Å². The lowest BCUT2D eigenvalue weighted by molar-refractivity contribution is 0.0828. The van der Waals surface area contributed by atoms with Crippen molar-refractivity contribution in [2.75, 3.05) is 25.2 Å². The molecule has 4 heteroatoms. The van der Waals surface area contributed by atoms with E-state index in [4.69, 9.17) is 4.74 Å². The van der Waals surface area contributed by atoms with Crippen molar-refractivity contribution in [2.45, 2.75) is 12.6 Å². The van der Waals surface area contributed by atoms with Gasteiger partial charge in [-0.25, -0.2) is 0 Å². The molecule has 88 valence electrons. The monoisotopic (exact) mass is 239 g/mol. The standard InChI is InChI=1S/C12H17NO2S/c1-16(14)7-6-13-12-9-15-8-10-4-2-3-5-11(10)12/h2-5,12-13H,6-9H2,1H3. The second kappa shape index (κ2) is 5.57. The first kappa shape index (κ1) is 11.8. The smallest absolute Gasteiger partial charge is 0.0721 e. The first-order chi connectivity index (χ1) is 7.77. The predicted octanol–water partition coefficient (Wildman–Crippen LogP) is 1.23. The number of ether oxygens (including phenoxy) is 1. The lowest BCUT2D eigenvalue weighted by Gasteiger charge is -2.26. The lowest BCUT2D eigenvalue weighted by Crippen LogP contribution is -2.32. The zero-order chi connectivity index (χ0) is 11.4. The average molecular weight is 239 g/mol. The van der Waals surface area contributed by atoms with Gasteiger partial charge in [0.25, 0.3) is 0 Å². The zero-order valence-electron chi connectivity index (χ0n) is 9.44. The minimum atomic E-state index is -0.731. The van der Waals surface area contributed by atoms with Crippen LogP contribution in [0.2, 0.25) is 0 Å². The summed E-state index contributed by atoms with van der Waals surface area (Å²) in [6.45, 7) is 2.17. The third-order valence-corrected chi connectivity index (χ3v) is 3.53. The van der Waals surface area contributed by atoms with Crippen LogP contribution in [0.4, 0.5) is 0 Å². The second-order valence-electron chi connectivity index (χ2n) is 4.00. The van der Waals surface area contributed by atoms with Gasteiger partial charge in [-0.05, 0) is 11.1 Å². The van der Waals surface area contributed by atoms with E-state index in [-0.39, 0.29) is 6.04 Å². The van der Waals surface area contributed by atoms with Crippen LogP contribution in [0.1, 0.15) is 17.2 Å². The first-order valence-electron chi connectivity index (χ1n) is 5.46. The normalized spacial score (nSPS) is 21.4. The molecule has 2 atom stereocenters. The molecule has 0 fully saturated rings. The van der Waals surface area contributed by atoms with E-state index < -0.39 is 10.8 Å². The molecule has 1 aliphatic rings. The highest BCUT2D eigenvalue weighted by Gasteiger charge is 2.19. The number of benzene rings is 1. The summed E-state index contributed by atoms with van der Waals surface area (Å²) >= 11 is 0. The fraction of sp³-hybridized carbons (Fsp3) is 0.500. The van der Waals surface area contributed by atoms with Crippen LogP contribution in [0.25, 0.3) is 0 Å². The molecule has 0 aliphatic carbocycles. The molecule has 1 aromatic carbocycles. The zero-order valence-corrected chi connectivity index (χ0v) is 10.3. The van der Waals surface area contributed by atoms with Crippen LogP contribution in [0.5, 0.6) is 0 Å². The number of hydrogen-bond donors (Lipinski definition) is 1. The van der Waals surface area contributed by atoms with E-state index in [1.54, 1.807) is 6.26 Å². The molecule has 0 radical (unpaired) electrons. The lowest BCUT2D eigenvalue weighted by atomic mass is 9.99. The molecule has 1 N–H and O–H groups in total. The van der Waals surface area contributed by atoms with Crippen molar-refractivity contribution in [1.29, 1.82) is 0 Å². The topological polar surface area (TPSA) is 38.3 Å². The van der Waals surface area contributed by atoms with Gasteiger partial charge in [-0.1, -0.05) is 24.3 Å². The SMILES string of the molecule is CS(=O)CCNC1COCc2ccccc21. The minimum absolute atomic E-state index is 0.244. The van der Waals surface area contributed by atoms with Crippen molar-refractivity contribution >= 4 is 10.8 Å². The highest BCUT2D eigenvalue weighted by Crippen LogP contribution is 2.23. The van der Waals surface area contributed by atoms with E-state index in [1.807, 2.05) is 6.07 Å². The minimum Gasteiger partial charge on any atom is -0.375 e. The molecule has 2 unspecified atom stereocenters. The molecular formula is C12H17NO2S. The maximum Gasteiger partial charge on any atom is 0.0721 e. The van der Waals surface area contributed by atoms with E-state index in [2.05, 4.69) is 23.5 Å². The number of rotatable bonds is 4. The summed E-state index contributed by atoms with van der Waals surface area (Å²) < 4.78 is 16.5. The van der Waals surface area contributed by atoms with Crippen molar-refractivity contribution in [1.82, 2.24) is 5.32 Å². The van der Waals surface area contributed by atoms with Crippen LogP contribution in [-0.2, 0) is 22.1 Å². The summed E-state index contributed by atoms with van der Waals surface area (Å²) in [7, 11) is -0.731. The van der Waals surface area contributed by atoms with Crippen LogP contribution in [0.15, 0.2) is 24.3 Å². The molecule has 0 spiro atoms. The van der Waals surface area contributed by atoms with Crippen LogP contribution >= 0.6 is 0 Å². The van der Waals surface area contributed by atoms with Crippen molar-refractivity contribution in [3.63, 3.8) is 0 Å². The Bertz CT molecular complexity index is 381. The average Bonchev–Trinajstić information content (AvgIpc) is 2.29. The molecule has 1 heterocycles. The molecule has 0 saturated carbocycles. The summed E-state index contributed by atoms with van der Waals surface area (Å²) in [6.07, 6.45) is 1.73. The van der Waals surface area contributed by atoms with Crippen LogP contribution in [0, 0.1) is 0 Å². The third-order valence-electron chi connectivity index (χ3n) is 2.75. The Morgan fingerprint density at radius 1 is 1.50 bits per heavy atom. The van der Waals surface area contributed by atoms with Crippen molar-refractivity contribution in [3.05, 3.63) is 35.4 Å². The van der Waals surface area contributed by atoms with Gasteiger partial charge in [0.2, 0.25) is 0 Å². The van der Waals surface area contributed by atoms with Gasteiger partial charge < -0.3 is 10.1 Å². The van der Waals surface area contributed by atoms with Gasteiger partial charge in [0.05, 0.1) is 19.3 Å². The molecule has 0 aromatic heterocycles. The molecule has 0 saturated heterocycles. The number of hydrogen-bond acceptors (Lipinski definition) is 3. The molecular weight excluding hydrogens is 222 g/mol. The molecule has 1 aromatic rings. The summed E-state index contributed by atoms with van der Waals surface area (Å²) in [5, 5.41) is 3.39. The highest BCUT2D eigenvalue weighted by atomic mass is 32.2. The summed E-state index contributed by atoms with van der Waals surface area (Å²) in [5.41, 5.74) is 2.57. The summed E-state index contributed by atoms with van der Waals surface area (Å²) in [5.74, 6) is 0.693. The summed E-state index contributed by atoms with van der Waals surface area (Å²) in [6, 6.07) is 8.57. The Balaban J connectivity index is 1.99. The van der Waals surface area contributed by atoms with Gasteiger partial charge in [0.15, 0.2) is 0 Å². The Kier molecular flexibility index (Phi) is 4.09. The van der Waals surface area contributed by atoms with Gasteiger partial charge >= 0.3 is 0 Å². The molecule has 0 amide bonds. The van der Waals surface area contributed by atoms with E-state index in [1.165, 1.54) is 11.1 Å². The van der Waals surface area contributed by atoms with Crippen molar-refractivity contribution in [3.8, 4) is 0 Å². The van der Waals surface area contributed by atoms with E-state index in [9.17, 15) is 4.21 Å². The number of fused-ring (bicyclic) bond motifs is 1. The van der Waals surface area contributed by atoms with Gasteiger partial charge in [0.1, 0.15) is 0 Å².